The number of nitrogens with zero attached hydrogens (tertiary/aromatic N) is 4. The molecule has 1 atom stereocenters. The number of anilines is 1. The first-order valence-electron chi connectivity index (χ1n) is 9.48. The van der Waals surface area contributed by atoms with Crippen LogP contribution in [0.2, 0.25) is 0 Å². The Bertz CT molecular complexity index is 1000. The lowest BCUT2D eigenvalue weighted by Gasteiger charge is -2.29. The molecular formula is C19H21N7O4. The van der Waals surface area contributed by atoms with Crippen LogP contribution in [0, 0.1) is 0 Å². The fraction of sp³-hybridized carbons (Fsp3) is 0.368. The Hall–Kier alpha value is -3.60. The van der Waals surface area contributed by atoms with Gasteiger partial charge in [-0.15, -0.1) is 0 Å². The third kappa shape index (κ3) is 3.66. The number of hydrogen-bond acceptors (Lipinski definition) is 9. The number of amides is 3. The zero-order valence-electron chi connectivity index (χ0n) is 16.3. The summed E-state index contributed by atoms with van der Waals surface area (Å²) in [4.78, 5) is 50.7. The molecule has 4 rings (SSSR count). The molecule has 1 aromatic heterocycles. The predicted molar refractivity (Wildman–Crippen MR) is 104 cm³/mol. The molecule has 2 aliphatic heterocycles. The maximum Gasteiger partial charge on any atom is 0.321 e. The second kappa shape index (κ2) is 8.03. The quantitative estimate of drug-likeness (QED) is 0.544. The molecule has 0 aliphatic carbocycles. The van der Waals surface area contributed by atoms with Gasteiger partial charge in [-0.2, -0.15) is 15.0 Å². The van der Waals surface area contributed by atoms with Crippen molar-refractivity contribution in [2.24, 2.45) is 5.73 Å². The number of nitrogens with two attached hydrogens (primary N) is 1. The number of fused-ring (bicyclic) bond motifs is 1. The molecule has 156 valence electrons. The van der Waals surface area contributed by atoms with Gasteiger partial charge in [0.05, 0.1) is 13.7 Å². The Labute approximate surface area is 172 Å². The summed E-state index contributed by atoms with van der Waals surface area (Å²) in [5.41, 5.74) is 7.74. The summed E-state index contributed by atoms with van der Waals surface area (Å²) in [5, 5.41) is 5.38. The topological polar surface area (TPSA) is 152 Å². The largest absolute Gasteiger partial charge is 0.467 e. The first-order valence-corrected chi connectivity index (χ1v) is 9.48. The Morgan fingerprint density at radius 2 is 2.10 bits per heavy atom. The minimum Gasteiger partial charge on any atom is -0.467 e. The van der Waals surface area contributed by atoms with E-state index in [9.17, 15) is 14.4 Å². The van der Waals surface area contributed by atoms with Crippen LogP contribution in [0.1, 0.15) is 40.2 Å². The van der Waals surface area contributed by atoms with Gasteiger partial charge in [0.25, 0.3) is 5.91 Å². The molecule has 1 aromatic carbocycles. The van der Waals surface area contributed by atoms with Crippen LogP contribution in [0.25, 0.3) is 0 Å². The average molecular weight is 411 g/mol. The van der Waals surface area contributed by atoms with E-state index < -0.39 is 11.9 Å². The minimum absolute atomic E-state index is 0.133. The molecule has 0 spiro atoms. The van der Waals surface area contributed by atoms with E-state index >= 15 is 0 Å². The lowest BCUT2D eigenvalue weighted by molar-refractivity contribution is -0.136. The van der Waals surface area contributed by atoms with E-state index in [4.69, 9.17) is 10.5 Å². The number of carbonyl (C=O) groups excluding carboxylic acids is 3. The number of methoxy groups -OCH3 is 1. The van der Waals surface area contributed by atoms with Crippen molar-refractivity contribution < 1.29 is 19.1 Å². The van der Waals surface area contributed by atoms with Crippen molar-refractivity contribution in [3.05, 3.63) is 40.7 Å². The van der Waals surface area contributed by atoms with Crippen molar-refractivity contribution in [1.29, 1.82) is 0 Å². The summed E-state index contributed by atoms with van der Waals surface area (Å²) >= 11 is 0. The van der Waals surface area contributed by atoms with Gasteiger partial charge in [0, 0.05) is 25.1 Å². The van der Waals surface area contributed by atoms with Crippen LogP contribution in [0.5, 0.6) is 6.01 Å². The van der Waals surface area contributed by atoms with Crippen molar-refractivity contribution in [3.8, 4) is 6.01 Å². The van der Waals surface area contributed by atoms with Crippen molar-refractivity contribution in [2.75, 3.05) is 12.4 Å². The van der Waals surface area contributed by atoms with Gasteiger partial charge in [-0.1, -0.05) is 18.2 Å². The summed E-state index contributed by atoms with van der Waals surface area (Å²) in [7, 11) is 1.45. The zero-order valence-corrected chi connectivity index (χ0v) is 16.3. The van der Waals surface area contributed by atoms with Gasteiger partial charge in [0.2, 0.25) is 17.8 Å². The van der Waals surface area contributed by atoms with E-state index in [1.165, 1.54) is 12.0 Å². The molecule has 1 saturated heterocycles. The third-order valence-corrected chi connectivity index (χ3v) is 5.10. The molecule has 1 unspecified atom stereocenters. The van der Waals surface area contributed by atoms with Gasteiger partial charge >= 0.3 is 6.01 Å². The highest BCUT2D eigenvalue weighted by Crippen LogP contribution is 2.30. The highest BCUT2D eigenvalue weighted by atomic mass is 16.5. The molecule has 11 nitrogen and oxygen atoms in total. The van der Waals surface area contributed by atoms with Gasteiger partial charge in [-0.05, 0) is 17.5 Å². The first-order chi connectivity index (χ1) is 14.5. The second-order valence-electron chi connectivity index (χ2n) is 6.97. The molecule has 30 heavy (non-hydrogen) atoms. The van der Waals surface area contributed by atoms with Gasteiger partial charge in [0.15, 0.2) is 5.82 Å². The number of hydrogen-bond donors (Lipinski definition) is 3. The highest BCUT2D eigenvalue weighted by Gasteiger charge is 2.39. The predicted octanol–water partition coefficient (Wildman–Crippen LogP) is -0.288. The number of rotatable bonds is 6. The van der Waals surface area contributed by atoms with E-state index in [0.717, 1.165) is 11.1 Å². The van der Waals surface area contributed by atoms with E-state index in [-0.39, 0.29) is 43.3 Å². The molecule has 3 heterocycles. The molecule has 2 aromatic rings. The van der Waals surface area contributed by atoms with E-state index in [0.29, 0.717) is 24.4 Å². The van der Waals surface area contributed by atoms with E-state index in [2.05, 4.69) is 25.6 Å². The van der Waals surface area contributed by atoms with Crippen molar-refractivity contribution in [1.82, 2.24) is 25.2 Å². The lowest BCUT2D eigenvalue weighted by Crippen LogP contribution is -2.52. The summed E-state index contributed by atoms with van der Waals surface area (Å²) in [6.07, 6.45) is 0.542. The Balaban J connectivity index is 1.54. The highest BCUT2D eigenvalue weighted by molar-refractivity contribution is 6.06. The SMILES string of the molecule is COc1nc(CN)nc(NCc2cccc3c2C(=O)N(C2CCC(=O)NC2=O)C3)n1. The van der Waals surface area contributed by atoms with Gasteiger partial charge in [-0.3, -0.25) is 19.7 Å². The smallest absolute Gasteiger partial charge is 0.321 e. The number of nitrogens with one attached hydrogen (secondary N) is 2. The van der Waals surface area contributed by atoms with Crippen LogP contribution in [0.4, 0.5) is 5.95 Å². The Morgan fingerprint density at radius 1 is 1.27 bits per heavy atom. The first kappa shape index (κ1) is 19.7. The van der Waals surface area contributed by atoms with Crippen molar-refractivity contribution in [3.63, 3.8) is 0 Å². The standard InChI is InChI=1S/C19H21N7O4/c1-30-19-23-13(7-20)22-18(25-19)21-8-10-3-2-4-11-9-26(17(29)15(10)11)12-5-6-14(27)24-16(12)28/h2-4,12H,5-9,20H2,1H3,(H,24,27,28)(H,21,22,23,25). The number of ether oxygens (including phenoxy) is 1. The number of carbonyl (C=O) groups is 3. The van der Waals surface area contributed by atoms with Gasteiger partial charge < -0.3 is 20.7 Å². The van der Waals surface area contributed by atoms with Gasteiger partial charge in [0.1, 0.15) is 6.04 Å². The Morgan fingerprint density at radius 3 is 2.83 bits per heavy atom. The minimum atomic E-state index is -0.650. The monoisotopic (exact) mass is 411 g/mol. The number of benzene rings is 1. The average Bonchev–Trinajstić information content (AvgIpc) is 3.08. The molecule has 11 heteroatoms. The van der Waals surface area contributed by atoms with Crippen LogP contribution >= 0.6 is 0 Å². The van der Waals surface area contributed by atoms with E-state index in [1.807, 2.05) is 18.2 Å². The van der Waals surface area contributed by atoms with Crippen LogP contribution in [-0.2, 0) is 29.2 Å². The number of imide groups is 1. The maximum absolute atomic E-state index is 13.1. The fourth-order valence-electron chi connectivity index (χ4n) is 3.67. The molecular weight excluding hydrogens is 390 g/mol. The summed E-state index contributed by atoms with van der Waals surface area (Å²) in [6.45, 7) is 0.744. The van der Waals surface area contributed by atoms with Crippen molar-refractivity contribution in [2.45, 2.75) is 38.5 Å². The molecule has 3 amide bonds. The molecule has 2 aliphatic rings. The second-order valence-corrected chi connectivity index (χ2v) is 6.97. The van der Waals surface area contributed by atoms with Crippen LogP contribution in [0.15, 0.2) is 18.2 Å². The van der Waals surface area contributed by atoms with Crippen LogP contribution in [-0.4, -0.2) is 50.7 Å². The maximum atomic E-state index is 13.1. The molecule has 0 bridgehead atoms. The number of aromatic nitrogens is 3. The van der Waals surface area contributed by atoms with Crippen molar-refractivity contribution >= 4 is 23.7 Å². The van der Waals surface area contributed by atoms with Gasteiger partial charge in [-0.25, -0.2) is 0 Å². The summed E-state index contributed by atoms with van der Waals surface area (Å²) < 4.78 is 5.06. The third-order valence-electron chi connectivity index (χ3n) is 5.10. The van der Waals surface area contributed by atoms with E-state index in [1.54, 1.807) is 0 Å². The summed E-state index contributed by atoms with van der Waals surface area (Å²) in [5.74, 6) is -0.309. The van der Waals surface area contributed by atoms with Crippen LogP contribution in [0.3, 0.4) is 0 Å². The number of piperidine rings is 1. The lowest BCUT2D eigenvalue weighted by atomic mass is 10.0. The summed E-state index contributed by atoms with van der Waals surface area (Å²) in [6, 6.07) is 5.05. The molecule has 0 radical (unpaired) electrons. The molecule has 4 N–H and O–H groups in total. The molecule has 0 saturated carbocycles. The zero-order chi connectivity index (χ0) is 21.3. The Kier molecular flexibility index (Phi) is 5.27. The normalized spacial score (nSPS) is 18.3. The fourth-order valence-corrected chi connectivity index (χ4v) is 3.67. The van der Waals surface area contributed by atoms with Crippen LogP contribution < -0.4 is 21.1 Å². The molecule has 1 fully saturated rings.